The van der Waals surface area contributed by atoms with Gasteiger partial charge in [0.2, 0.25) is 0 Å². The van der Waals surface area contributed by atoms with Gasteiger partial charge in [-0.25, -0.2) is 4.39 Å². The molecule has 0 aliphatic carbocycles. The van der Waals surface area contributed by atoms with E-state index in [1.165, 1.54) is 18.3 Å². The van der Waals surface area contributed by atoms with Gasteiger partial charge in [0.25, 0.3) is 0 Å². The van der Waals surface area contributed by atoms with Crippen molar-refractivity contribution in [3.8, 4) is 0 Å². The van der Waals surface area contributed by atoms with E-state index in [-0.39, 0.29) is 5.69 Å². The zero-order valence-corrected chi connectivity index (χ0v) is 11.4. The molecular formula is C12H15ClFN5. The Bertz CT molecular complexity index is 583. The van der Waals surface area contributed by atoms with E-state index in [2.05, 4.69) is 15.5 Å². The van der Waals surface area contributed by atoms with Gasteiger partial charge < -0.3 is 0 Å². The van der Waals surface area contributed by atoms with Gasteiger partial charge in [-0.3, -0.25) is 20.9 Å². The van der Waals surface area contributed by atoms with E-state index < -0.39 is 11.9 Å². The highest BCUT2D eigenvalue weighted by molar-refractivity contribution is 6.30. The lowest BCUT2D eigenvalue weighted by molar-refractivity contribution is 0.494. The molecule has 7 heteroatoms. The molecule has 0 aromatic carbocycles. The molecule has 1 atom stereocenters. The molecule has 19 heavy (non-hydrogen) atoms. The summed E-state index contributed by atoms with van der Waals surface area (Å²) >= 11 is 6.16. The van der Waals surface area contributed by atoms with E-state index in [1.807, 2.05) is 6.92 Å². The average molecular weight is 284 g/mol. The van der Waals surface area contributed by atoms with Crippen molar-refractivity contribution in [2.75, 3.05) is 0 Å². The van der Waals surface area contributed by atoms with Crippen LogP contribution in [0.4, 0.5) is 4.39 Å². The smallest absolute Gasteiger partial charge is 0.146 e. The van der Waals surface area contributed by atoms with Crippen molar-refractivity contribution < 1.29 is 4.39 Å². The predicted octanol–water partition coefficient (Wildman–Crippen LogP) is 1.66. The highest BCUT2D eigenvalue weighted by Gasteiger charge is 2.21. The van der Waals surface area contributed by atoms with Crippen LogP contribution in [0.5, 0.6) is 0 Å². The zero-order valence-electron chi connectivity index (χ0n) is 10.7. The number of halogens is 2. The standard InChI is InChI=1S/C12H15ClFN5/c1-7-8(12(13)19(2)18-7)6-10(17-15)11-9(14)4-3-5-16-11/h3-5,10,17H,6,15H2,1-2H3. The first-order valence-electron chi connectivity index (χ1n) is 5.79. The molecule has 0 radical (unpaired) electrons. The minimum atomic E-state index is -0.457. The lowest BCUT2D eigenvalue weighted by atomic mass is 10.0. The summed E-state index contributed by atoms with van der Waals surface area (Å²) in [5, 5.41) is 4.74. The Balaban J connectivity index is 2.32. The van der Waals surface area contributed by atoms with E-state index in [1.54, 1.807) is 11.7 Å². The number of hydrazine groups is 1. The first-order chi connectivity index (χ1) is 9.04. The molecule has 2 aromatic heterocycles. The summed E-state index contributed by atoms with van der Waals surface area (Å²) in [6.07, 6.45) is 1.95. The van der Waals surface area contributed by atoms with E-state index in [0.29, 0.717) is 11.6 Å². The third-order valence-corrected chi connectivity index (χ3v) is 3.47. The Morgan fingerprint density at radius 2 is 2.32 bits per heavy atom. The van der Waals surface area contributed by atoms with E-state index in [4.69, 9.17) is 17.4 Å². The molecule has 0 saturated heterocycles. The second-order valence-corrected chi connectivity index (χ2v) is 4.63. The summed E-state index contributed by atoms with van der Waals surface area (Å²) in [6.45, 7) is 1.85. The van der Waals surface area contributed by atoms with Crippen LogP contribution in [-0.2, 0) is 13.5 Å². The second kappa shape index (κ2) is 5.64. The number of hydrogen-bond donors (Lipinski definition) is 2. The molecule has 2 aromatic rings. The van der Waals surface area contributed by atoms with Gasteiger partial charge in [-0.1, -0.05) is 11.6 Å². The molecule has 0 aliphatic rings. The fraction of sp³-hybridized carbons (Fsp3) is 0.333. The Morgan fingerprint density at radius 1 is 1.58 bits per heavy atom. The van der Waals surface area contributed by atoms with Crippen LogP contribution in [0, 0.1) is 12.7 Å². The summed E-state index contributed by atoms with van der Waals surface area (Å²) in [5.74, 6) is 5.10. The van der Waals surface area contributed by atoms with Gasteiger partial charge in [0, 0.05) is 18.8 Å². The number of hydrogen-bond acceptors (Lipinski definition) is 4. The highest BCUT2D eigenvalue weighted by atomic mass is 35.5. The minimum Gasteiger partial charge on any atom is -0.271 e. The van der Waals surface area contributed by atoms with Crippen LogP contribution < -0.4 is 11.3 Å². The minimum absolute atomic E-state index is 0.268. The zero-order chi connectivity index (χ0) is 14.0. The van der Waals surface area contributed by atoms with Crippen LogP contribution in [0.2, 0.25) is 5.15 Å². The van der Waals surface area contributed by atoms with Crippen molar-refractivity contribution in [2.45, 2.75) is 19.4 Å². The lowest BCUT2D eigenvalue weighted by Gasteiger charge is -2.15. The largest absolute Gasteiger partial charge is 0.271 e. The third kappa shape index (κ3) is 2.75. The van der Waals surface area contributed by atoms with Gasteiger partial charge in [-0.2, -0.15) is 5.10 Å². The topological polar surface area (TPSA) is 68.8 Å². The highest BCUT2D eigenvalue weighted by Crippen LogP contribution is 2.25. The number of nitrogens with one attached hydrogen (secondary N) is 1. The maximum absolute atomic E-state index is 13.7. The number of nitrogens with two attached hydrogens (primary N) is 1. The summed E-state index contributed by atoms with van der Waals surface area (Å²) < 4.78 is 15.3. The first kappa shape index (κ1) is 13.9. The Morgan fingerprint density at radius 3 is 2.84 bits per heavy atom. The SMILES string of the molecule is Cc1nn(C)c(Cl)c1CC(NN)c1ncccc1F. The maximum atomic E-state index is 13.7. The van der Waals surface area contributed by atoms with Crippen molar-refractivity contribution in [3.05, 3.63) is 46.3 Å². The predicted molar refractivity (Wildman–Crippen MR) is 70.9 cm³/mol. The van der Waals surface area contributed by atoms with Crippen LogP contribution in [0.3, 0.4) is 0 Å². The molecular weight excluding hydrogens is 269 g/mol. The van der Waals surface area contributed by atoms with Crippen molar-refractivity contribution in [2.24, 2.45) is 12.9 Å². The second-order valence-electron chi connectivity index (χ2n) is 4.27. The molecule has 0 fully saturated rings. The number of nitrogens with zero attached hydrogens (tertiary/aromatic N) is 3. The van der Waals surface area contributed by atoms with Gasteiger partial charge in [-0.15, -0.1) is 0 Å². The van der Waals surface area contributed by atoms with Crippen molar-refractivity contribution in [3.63, 3.8) is 0 Å². The summed E-state index contributed by atoms with van der Waals surface area (Å²) in [4.78, 5) is 4.02. The first-order valence-corrected chi connectivity index (χ1v) is 6.17. The number of aromatic nitrogens is 3. The molecule has 3 N–H and O–H groups in total. The van der Waals surface area contributed by atoms with Gasteiger partial charge in [0.1, 0.15) is 11.0 Å². The molecule has 1 unspecified atom stereocenters. The van der Waals surface area contributed by atoms with Crippen LogP contribution >= 0.6 is 11.6 Å². The Hall–Kier alpha value is -1.50. The lowest BCUT2D eigenvalue weighted by Crippen LogP contribution is -2.31. The fourth-order valence-corrected chi connectivity index (χ4v) is 2.25. The number of aryl methyl sites for hydroxylation is 2. The number of rotatable bonds is 4. The quantitative estimate of drug-likeness (QED) is 0.661. The van der Waals surface area contributed by atoms with Crippen molar-refractivity contribution >= 4 is 11.6 Å². The summed E-state index contributed by atoms with van der Waals surface area (Å²) in [7, 11) is 1.76. The molecule has 0 saturated carbocycles. The fourth-order valence-electron chi connectivity index (χ4n) is 2.00. The molecule has 0 spiro atoms. The number of pyridine rings is 1. The maximum Gasteiger partial charge on any atom is 0.146 e. The third-order valence-electron chi connectivity index (χ3n) is 3.00. The normalized spacial score (nSPS) is 12.7. The Kier molecular flexibility index (Phi) is 4.14. The van der Waals surface area contributed by atoms with Gasteiger partial charge >= 0.3 is 0 Å². The molecule has 102 valence electrons. The monoisotopic (exact) mass is 283 g/mol. The van der Waals surface area contributed by atoms with Gasteiger partial charge in [-0.05, 0) is 25.5 Å². The van der Waals surface area contributed by atoms with E-state index >= 15 is 0 Å². The summed E-state index contributed by atoms with van der Waals surface area (Å²) in [5.41, 5.74) is 4.47. The van der Waals surface area contributed by atoms with Crippen LogP contribution in [0.1, 0.15) is 23.0 Å². The molecule has 2 rings (SSSR count). The van der Waals surface area contributed by atoms with Crippen LogP contribution in [0.25, 0.3) is 0 Å². The molecule has 0 bridgehead atoms. The van der Waals surface area contributed by atoms with Crippen LogP contribution in [-0.4, -0.2) is 14.8 Å². The van der Waals surface area contributed by atoms with Crippen molar-refractivity contribution in [1.29, 1.82) is 0 Å². The molecule has 0 amide bonds. The molecule has 2 heterocycles. The van der Waals surface area contributed by atoms with Gasteiger partial charge in [0.05, 0.1) is 17.4 Å². The van der Waals surface area contributed by atoms with Crippen molar-refractivity contribution in [1.82, 2.24) is 20.2 Å². The van der Waals surface area contributed by atoms with E-state index in [9.17, 15) is 4.39 Å². The Labute approximate surface area is 115 Å². The molecule has 0 aliphatic heterocycles. The van der Waals surface area contributed by atoms with E-state index in [0.717, 1.165) is 11.3 Å². The molecule has 5 nitrogen and oxygen atoms in total. The average Bonchev–Trinajstić information content (AvgIpc) is 2.63. The van der Waals surface area contributed by atoms with Gasteiger partial charge in [0.15, 0.2) is 0 Å². The summed E-state index contributed by atoms with van der Waals surface area (Å²) in [6, 6.07) is 2.43. The van der Waals surface area contributed by atoms with Crippen LogP contribution in [0.15, 0.2) is 18.3 Å².